The summed E-state index contributed by atoms with van der Waals surface area (Å²) < 4.78 is 31.3. The number of nitrogens with one attached hydrogen (secondary N) is 2. The normalized spacial score (nSPS) is 12.3. The molecule has 182 valence electrons. The molecule has 0 saturated heterocycles. The molecule has 1 amide bonds. The smallest absolute Gasteiger partial charge is 0.321 e. The maximum atomic E-state index is 12.5. The average molecular weight is 493 g/mol. The van der Waals surface area contributed by atoms with Crippen LogP contribution in [-0.4, -0.2) is 33.4 Å². The van der Waals surface area contributed by atoms with Crippen molar-refractivity contribution in [2.24, 2.45) is 0 Å². The number of amides is 1. The lowest BCUT2D eigenvalue weighted by Gasteiger charge is -2.19. The van der Waals surface area contributed by atoms with E-state index >= 15 is 0 Å². The first kappa shape index (κ1) is 25.9. The predicted molar refractivity (Wildman–Crippen MR) is 136 cm³/mol. The van der Waals surface area contributed by atoms with Crippen molar-refractivity contribution >= 4 is 28.0 Å². The molecule has 0 spiro atoms. The van der Waals surface area contributed by atoms with E-state index in [-0.39, 0.29) is 6.04 Å². The highest BCUT2D eigenvalue weighted by atomic mass is 32.2. The summed E-state index contributed by atoms with van der Waals surface area (Å²) in [5.41, 5.74) is 3.74. The number of hydrogen-bond donors (Lipinski definition) is 2. The van der Waals surface area contributed by atoms with Gasteiger partial charge in [0.05, 0.1) is 6.04 Å². The lowest BCUT2D eigenvalue weighted by Crippen LogP contribution is -2.35. The largest absolute Gasteiger partial charge is 0.455 e. The summed E-state index contributed by atoms with van der Waals surface area (Å²) in [6, 6.07) is 26.2. The van der Waals surface area contributed by atoms with Crippen molar-refractivity contribution in [3.8, 4) is 0 Å². The Morgan fingerprint density at radius 1 is 0.914 bits per heavy atom. The maximum Gasteiger partial charge on any atom is 0.321 e. The number of hydrogen-bond acceptors (Lipinski definition) is 5. The van der Waals surface area contributed by atoms with Gasteiger partial charge in [-0.2, -0.15) is 0 Å². The van der Waals surface area contributed by atoms with Crippen molar-refractivity contribution < 1.29 is 22.7 Å². The molecule has 3 rings (SSSR count). The Morgan fingerprint density at radius 3 is 2.20 bits per heavy atom. The Hall–Kier alpha value is -3.75. The van der Waals surface area contributed by atoms with Crippen molar-refractivity contribution in [2.45, 2.75) is 19.4 Å². The van der Waals surface area contributed by atoms with Gasteiger partial charge >= 0.3 is 5.97 Å². The molecule has 1 atom stereocenters. The van der Waals surface area contributed by atoms with Crippen LogP contribution in [0.1, 0.15) is 28.3 Å². The third-order valence-corrected chi connectivity index (χ3v) is 6.16. The van der Waals surface area contributed by atoms with Crippen LogP contribution in [0.3, 0.4) is 0 Å². The second-order valence-electron chi connectivity index (χ2n) is 7.96. The minimum atomic E-state index is -3.85. The minimum absolute atomic E-state index is 0.310. The van der Waals surface area contributed by atoms with E-state index in [0.29, 0.717) is 12.0 Å². The zero-order valence-electron chi connectivity index (χ0n) is 19.4. The third-order valence-electron chi connectivity index (χ3n) is 5.12. The lowest BCUT2D eigenvalue weighted by molar-refractivity contribution is -0.147. The molecule has 3 aromatic rings. The van der Waals surface area contributed by atoms with E-state index in [2.05, 4.69) is 10.0 Å². The first-order valence-corrected chi connectivity index (χ1v) is 12.6. The SMILES string of the molecule is Cc1ccc(/C=C/S(=O)(=O)NCC(=O)OCC(=O)NC(Cc2ccccc2)c2ccccc2)cc1. The van der Waals surface area contributed by atoms with Crippen LogP contribution in [0, 0.1) is 6.92 Å². The van der Waals surface area contributed by atoms with Gasteiger partial charge in [-0.15, -0.1) is 0 Å². The van der Waals surface area contributed by atoms with Crippen LogP contribution in [0.5, 0.6) is 0 Å². The molecular weight excluding hydrogens is 464 g/mol. The summed E-state index contributed by atoms with van der Waals surface area (Å²) in [6.45, 7) is 0.834. The van der Waals surface area contributed by atoms with Gasteiger partial charge in [0, 0.05) is 5.41 Å². The van der Waals surface area contributed by atoms with Crippen LogP contribution >= 0.6 is 0 Å². The predicted octanol–water partition coefficient (Wildman–Crippen LogP) is 3.53. The summed E-state index contributed by atoms with van der Waals surface area (Å²) in [6.07, 6.45) is 1.99. The van der Waals surface area contributed by atoms with E-state index in [1.807, 2.05) is 79.7 Å². The number of carbonyl (C=O) groups is 2. The number of carbonyl (C=O) groups excluding carboxylic acids is 2. The molecule has 3 aromatic carbocycles. The third kappa shape index (κ3) is 9.19. The molecule has 1 unspecified atom stereocenters. The number of aryl methyl sites for hydroxylation is 1. The molecule has 0 aliphatic carbocycles. The van der Waals surface area contributed by atoms with Crippen molar-refractivity contribution in [3.05, 3.63) is 113 Å². The van der Waals surface area contributed by atoms with E-state index in [4.69, 9.17) is 4.74 Å². The van der Waals surface area contributed by atoms with Crippen LogP contribution in [-0.2, 0) is 30.8 Å². The molecule has 8 heteroatoms. The molecule has 0 saturated carbocycles. The van der Waals surface area contributed by atoms with Gasteiger partial charge in [-0.25, -0.2) is 13.1 Å². The summed E-state index contributed by atoms with van der Waals surface area (Å²) in [7, 11) is -3.85. The van der Waals surface area contributed by atoms with E-state index in [1.54, 1.807) is 12.1 Å². The van der Waals surface area contributed by atoms with Gasteiger partial charge in [-0.05, 0) is 36.1 Å². The molecule has 0 fully saturated rings. The first-order valence-electron chi connectivity index (χ1n) is 11.1. The van der Waals surface area contributed by atoms with Gasteiger partial charge in [-0.1, -0.05) is 90.5 Å². The summed E-state index contributed by atoms with van der Waals surface area (Å²) in [4.78, 5) is 24.5. The number of sulfonamides is 1. The molecular formula is C27H28N2O5S. The van der Waals surface area contributed by atoms with Crippen molar-refractivity contribution in [3.63, 3.8) is 0 Å². The van der Waals surface area contributed by atoms with Crippen molar-refractivity contribution in [1.82, 2.24) is 10.0 Å². The standard InChI is InChI=1S/C27H28N2O5S/c1-21-12-14-22(15-13-21)16-17-35(32,33)28-19-27(31)34-20-26(30)29-25(24-10-6-3-7-11-24)18-23-8-4-2-5-9-23/h2-17,25,28H,18-20H2,1H3,(H,29,30)/b17-16+. The first-order chi connectivity index (χ1) is 16.8. The van der Waals surface area contributed by atoms with Gasteiger partial charge in [0.15, 0.2) is 6.61 Å². The fraction of sp³-hybridized carbons (Fsp3) is 0.185. The zero-order chi connectivity index (χ0) is 25.1. The maximum absolute atomic E-state index is 12.5. The Labute approximate surface area is 205 Å². The monoisotopic (exact) mass is 492 g/mol. The molecule has 0 aliphatic rings. The Balaban J connectivity index is 1.49. The summed E-state index contributed by atoms with van der Waals surface area (Å²) in [5, 5.41) is 3.86. The molecule has 0 aliphatic heterocycles. The van der Waals surface area contributed by atoms with Gasteiger partial charge in [-0.3, -0.25) is 9.59 Å². The van der Waals surface area contributed by atoms with Crippen LogP contribution in [0.15, 0.2) is 90.3 Å². The fourth-order valence-corrected chi connectivity index (χ4v) is 4.03. The van der Waals surface area contributed by atoms with Crippen LogP contribution < -0.4 is 10.0 Å². The number of rotatable bonds is 11. The quantitative estimate of drug-likeness (QED) is 0.399. The Kier molecular flexibility index (Phi) is 9.34. The molecule has 2 N–H and O–H groups in total. The lowest BCUT2D eigenvalue weighted by atomic mass is 9.99. The molecule has 35 heavy (non-hydrogen) atoms. The van der Waals surface area contributed by atoms with Crippen LogP contribution in [0.4, 0.5) is 0 Å². The Morgan fingerprint density at radius 2 is 1.54 bits per heavy atom. The number of esters is 1. The second-order valence-corrected chi connectivity index (χ2v) is 9.61. The number of benzene rings is 3. The van der Waals surface area contributed by atoms with Gasteiger partial charge < -0.3 is 10.1 Å². The topological polar surface area (TPSA) is 102 Å². The highest BCUT2D eigenvalue weighted by Crippen LogP contribution is 2.18. The second kappa shape index (κ2) is 12.6. The molecule has 0 aromatic heterocycles. The highest BCUT2D eigenvalue weighted by Gasteiger charge is 2.17. The van der Waals surface area contributed by atoms with Gasteiger partial charge in [0.1, 0.15) is 6.54 Å². The summed E-state index contributed by atoms with van der Waals surface area (Å²) in [5.74, 6) is -1.34. The van der Waals surface area contributed by atoms with Crippen LogP contribution in [0.2, 0.25) is 0 Å². The van der Waals surface area contributed by atoms with E-state index < -0.39 is 35.1 Å². The van der Waals surface area contributed by atoms with Crippen molar-refractivity contribution in [2.75, 3.05) is 13.2 Å². The average Bonchev–Trinajstić information content (AvgIpc) is 2.87. The molecule has 0 radical (unpaired) electrons. The summed E-state index contributed by atoms with van der Waals surface area (Å²) >= 11 is 0. The molecule has 0 heterocycles. The van der Waals surface area contributed by atoms with Gasteiger partial charge in [0.25, 0.3) is 5.91 Å². The van der Waals surface area contributed by atoms with E-state index in [0.717, 1.165) is 22.1 Å². The number of ether oxygens (including phenoxy) is 1. The highest BCUT2D eigenvalue weighted by molar-refractivity contribution is 7.92. The zero-order valence-corrected chi connectivity index (χ0v) is 20.2. The Bertz CT molecular complexity index is 1240. The van der Waals surface area contributed by atoms with E-state index in [1.165, 1.54) is 6.08 Å². The molecule has 0 bridgehead atoms. The van der Waals surface area contributed by atoms with Crippen LogP contribution in [0.25, 0.3) is 6.08 Å². The fourth-order valence-electron chi connectivity index (χ4n) is 3.27. The van der Waals surface area contributed by atoms with Gasteiger partial charge in [0.2, 0.25) is 10.0 Å². The molecule has 7 nitrogen and oxygen atoms in total. The van der Waals surface area contributed by atoms with Crippen molar-refractivity contribution in [1.29, 1.82) is 0 Å². The van der Waals surface area contributed by atoms with E-state index in [9.17, 15) is 18.0 Å². The minimum Gasteiger partial charge on any atom is -0.455 e.